The summed E-state index contributed by atoms with van der Waals surface area (Å²) in [7, 11) is 0. The maximum absolute atomic E-state index is 10.9. The van der Waals surface area contributed by atoms with E-state index in [0.717, 1.165) is 6.42 Å². The number of hydrogen-bond donors (Lipinski definition) is 3. The number of anilines is 1. The van der Waals surface area contributed by atoms with Gasteiger partial charge in [0.05, 0.1) is 5.56 Å². The molecular weight excluding hydrogens is 228 g/mol. The summed E-state index contributed by atoms with van der Waals surface area (Å²) in [6.07, 6.45) is 2.39. The van der Waals surface area contributed by atoms with Crippen LogP contribution < -0.4 is 16.8 Å². The molecule has 1 atom stereocenters. The molecule has 0 aliphatic carbocycles. The van der Waals surface area contributed by atoms with Gasteiger partial charge in [0, 0.05) is 18.8 Å². The first-order valence-electron chi connectivity index (χ1n) is 6.03. The molecule has 0 saturated heterocycles. The topological polar surface area (TPSA) is 94.0 Å². The van der Waals surface area contributed by atoms with Crippen molar-refractivity contribution < 1.29 is 4.79 Å². The van der Waals surface area contributed by atoms with Gasteiger partial charge in [-0.3, -0.25) is 4.79 Å². The summed E-state index contributed by atoms with van der Waals surface area (Å²) in [6, 6.07) is 3.44. The van der Waals surface area contributed by atoms with E-state index in [1.807, 2.05) is 0 Å². The highest BCUT2D eigenvalue weighted by Gasteiger charge is 2.15. The molecule has 1 aromatic rings. The fraction of sp³-hybridized carbons (Fsp3) is 0.538. The number of carbonyl (C=O) groups excluding carboxylic acids is 1. The van der Waals surface area contributed by atoms with Gasteiger partial charge >= 0.3 is 0 Å². The van der Waals surface area contributed by atoms with Gasteiger partial charge in [-0.2, -0.15) is 0 Å². The number of pyridine rings is 1. The van der Waals surface area contributed by atoms with Crippen LogP contribution in [0.1, 0.15) is 37.6 Å². The lowest BCUT2D eigenvalue weighted by Gasteiger charge is -2.23. The molecule has 1 rings (SSSR count). The first-order valence-corrected chi connectivity index (χ1v) is 6.03. The molecule has 100 valence electrons. The molecule has 0 bridgehead atoms. The maximum atomic E-state index is 10.9. The molecule has 0 radical (unpaired) electrons. The van der Waals surface area contributed by atoms with Crippen molar-refractivity contribution in [1.82, 2.24) is 4.98 Å². The zero-order valence-corrected chi connectivity index (χ0v) is 11.2. The Kier molecular flexibility index (Phi) is 4.67. The van der Waals surface area contributed by atoms with E-state index in [-0.39, 0.29) is 11.5 Å². The lowest BCUT2D eigenvalue weighted by molar-refractivity contribution is 0.1000. The molecule has 1 heterocycles. The molecule has 0 aromatic carbocycles. The van der Waals surface area contributed by atoms with E-state index in [1.54, 1.807) is 12.1 Å². The number of carbonyl (C=O) groups is 1. The van der Waals surface area contributed by atoms with Crippen LogP contribution in [0.3, 0.4) is 0 Å². The smallest absolute Gasteiger partial charge is 0.250 e. The monoisotopic (exact) mass is 250 g/mol. The summed E-state index contributed by atoms with van der Waals surface area (Å²) in [5.74, 6) is 0.225. The SMILES string of the molecule is CC(C)(C)CC(N)CNc1ccc(C(N)=O)cn1. The molecule has 0 aliphatic heterocycles. The summed E-state index contributed by atoms with van der Waals surface area (Å²) in [4.78, 5) is 15.0. The van der Waals surface area contributed by atoms with E-state index in [4.69, 9.17) is 11.5 Å². The van der Waals surface area contributed by atoms with E-state index < -0.39 is 5.91 Å². The van der Waals surface area contributed by atoms with Crippen molar-refractivity contribution in [2.24, 2.45) is 16.9 Å². The standard InChI is InChI=1S/C13H22N4O/c1-13(2,3)6-10(14)8-17-11-5-4-9(7-16-11)12(15)18/h4-5,7,10H,6,8,14H2,1-3H3,(H2,15,18)(H,16,17). The number of aromatic nitrogens is 1. The molecule has 5 N–H and O–H groups in total. The number of primary amides is 1. The highest BCUT2D eigenvalue weighted by atomic mass is 16.1. The largest absolute Gasteiger partial charge is 0.369 e. The summed E-state index contributed by atoms with van der Waals surface area (Å²) in [5, 5.41) is 3.14. The average Bonchev–Trinajstić information content (AvgIpc) is 2.24. The van der Waals surface area contributed by atoms with E-state index in [9.17, 15) is 4.79 Å². The number of amides is 1. The van der Waals surface area contributed by atoms with Crippen molar-refractivity contribution >= 4 is 11.7 Å². The zero-order valence-electron chi connectivity index (χ0n) is 11.2. The van der Waals surface area contributed by atoms with Gasteiger partial charge in [0.1, 0.15) is 5.82 Å². The molecule has 0 spiro atoms. The normalized spacial score (nSPS) is 13.1. The minimum absolute atomic E-state index is 0.0719. The Labute approximate surface area is 108 Å². The lowest BCUT2D eigenvalue weighted by Crippen LogP contribution is -2.33. The van der Waals surface area contributed by atoms with Crippen molar-refractivity contribution in [3.8, 4) is 0 Å². The van der Waals surface area contributed by atoms with Gasteiger partial charge in [-0.15, -0.1) is 0 Å². The lowest BCUT2D eigenvalue weighted by atomic mass is 9.88. The second-order valence-corrected chi connectivity index (χ2v) is 5.70. The third kappa shape index (κ3) is 5.14. The highest BCUT2D eigenvalue weighted by molar-refractivity contribution is 5.92. The number of rotatable bonds is 5. The van der Waals surface area contributed by atoms with Crippen molar-refractivity contribution in [3.63, 3.8) is 0 Å². The van der Waals surface area contributed by atoms with Gasteiger partial charge in [-0.1, -0.05) is 20.8 Å². The molecule has 5 nitrogen and oxygen atoms in total. The molecule has 5 heteroatoms. The van der Waals surface area contributed by atoms with Crippen LogP contribution in [0.25, 0.3) is 0 Å². The Morgan fingerprint density at radius 3 is 2.56 bits per heavy atom. The quantitative estimate of drug-likeness (QED) is 0.735. The van der Waals surface area contributed by atoms with Crippen molar-refractivity contribution in [2.75, 3.05) is 11.9 Å². The number of nitrogens with zero attached hydrogens (tertiary/aromatic N) is 1. The Morgan fingerprint density at radius 2 is 2.11 bits per heavy atom. The highest BCUT2D eigenvalue weighted by Crippen LogP contribution is 2.19. The summed E-state index contributed by atoms with van der Waals surface area (Å²) >= 11 is 0. The number of nitrogens with two attached hydrogens (primary N) is 2. The van der Waals surface area contributed by atoms with Crippen LogP contribution in [0.5, 0.6) is 0 Å². The maximum Gasteiger partial charge on any atom is 0.250 e. The molecule has 1 amide bonds. The van der Waals surface area contributed by atoms with Crippen LogP contribution in [0.4, 0.5) is 5.82 Å². The van der Waals surface area contributed by atoms with Gasteiger partial charge in [0.15, 0.2) is 0 Å². The predicted molar refractivity (Wildman–Crippen MR) is 73.3 cm³/mol. The van der Waals surface area contributed by atoms with E-state index in [1.165, 1.54) is 6.20 Å². The Bertz CT molecular complexity index is 394. The van der Waals surface area contributed by atoms with Crippen LogP contribution in [-0.4, -0.2) is 23.5 Å². The number of hydrogen-bond acceptors (Lipinski definition) is 4. The number of nitrogens with one attached hydrogen (secondary N) is 1. The van der Waals surface area contributed by atoms with Gasteiger partial charge < -0.3 is 16.8 Å². The van der Waals surface area contributed by atoms with E-state index in [2.05, 4.69) is 31.1 Å². The Morgan fingerprint density at radius 1 is 1.44 bits per heavy atom. The second-order valence-electron chi connectivity index (χ2n) is 5.70. The van der Waals surface area contributed by atoms with Gasteiger partial charge in [0.2, 0.25) is 5.91 Å². The van der Waals surface area contributed by atoms with Crippen LogP contribution in [0.15, 0.2) is 18.3 Å². The van der Waals surface area contributed by atoms with E-state index in [0.29, 0.717) is 17.9 Å². The van der Waals surface area contributed by atoms with Crippen molar-refractivity contribution in [2.45, 2.75) is 33.2 Å². The molecule has 0 fully saturated rings. The molecule has 1 unspecified atom stereocenters. The van der Waals surface area contributed by atoms with Gasteiger partial charge in [-0.25, -0.2) is 4.98 Å². The Balaban J connectivity index is 2.46. The molecule has 18 heavy (non-hydrogen) atoms. The third-order valence-electron chi connectivity index (χ3n) is 2.47. The molecule has 0 aliphatic rings. The second kappa shape index (κ2) is 5.82. The minimum Gasteiger partial charge on any atom is -0.369 e. The van der Waals surface area contributed by atoms with Gasteiger partial charge in [-0.05, 0) is 24.0 Å². The van der Waals surface area contributed by atoms with Crippen LogP contribution in [0.2, 0.25) is 0 Å². The van der Waals surface area contributed by atoms with Crippen LogP contribution in [-0.2, 0) is 0 Å². The summed E-state index contributed by atoms with van der Waals surface area (Å²) in [5.41, 5.74) is 11.8. The van der Waals surface area contributed by atoms with E-state index >= 15 is 0 Å². The minimum atomic E-state index is -0.474. The fourth-order valence-electron chi connectivity index (χ4n) is 1.74. The molecular formula is C13H22N4O. The predicted octanol–water partition coefficient (Wildman–Crippen LogP) is 1.36. The first-order chi connectivity index (χ1) is 8.28. The van der Waals surface area contributed by atoms with Crippen LogP contribution >= 0.6 is 0 Å². The first kappa shape index (κ1) is 14.4. The fourth-order valence-corrected chi connectivity index (χ4v) is 1.74. The zero-order chi connectivity index (χ0) is 13.8. The third-order valence-corrected chi connectivity index (χ3v) is 2.47. The van der Waals surface area contributed by atoms with Gasteiger partial charge in [0.25, 0.3) is 0 Å². The molecule has 0 saturated carbocycles. The van der Waals surface area contributed by atoms with Crippen molar-refractivity contribution in [1.29, 1.82) is 0 Å². The Hall–Kier alpha value is -1.62. The average molecular weight is 250 g/mol. The summed E-state index contributed by atoms with van der Waals surface area (Å²) < 4.78 is 0. The molecule has 1 aromatic heterocycles. The summed E-state index contributed by atoms with van der Waals surface area (Å²) in [6.45, 7) is 7.13. The van der Waals surface area contributed by atoms with Crippen LogP contribution in [0, 0.1) is 5.41 Å². The van der Waals surface area contributed by atoms with Crippen molar-refractivity contribution in [3.05, 3.63) is 23.9 Å².